The molecule has 2 aromatic carbocycles. The van der Waals surface area contributed by atoms with Gasteiger partial charge in [0.1, 0.15) is 11.8 Å². The number of carbonyl (C=O) groups is 2. The van der Waals surface area contributed by atoms with Gasteiger partial charge in [0.15, 0.2) is 16.6 Å². The highest BCUT2D eigenvalue weighted by atomic mass is 32.1. The maximum atomic E-state index is 13.9. The zero-order valence-electron chi connectivity index (χ0n) is 23.5. The Hall–Kier alpha value is -5.14. The van der Waals surface area contributed by atoms with Gasteiger partial charge in [0, 0.05) is 36.3 Å². The third-order valence-electron chi connectivity index (χ3n) is 6.41. The van der Waals surface area contributed by atoms with Gasteiger partial charge in [0.25, 0.3) is 5.91 Å². The van der Waals surface area contributed by atoms with Crippen LogP contribution in [0.5, 0.6) is 0 Å². The van der Waals surface area contributed by atoms with Crippen molar-refractivity contribution in [3.05, 3.63) is 94.1 Å². The van der Waals surface area contributed by atoms with Crippen molar-refractivity contribution in [3.63, 3.8) is 0 Å². The van der Waals surface area contributed by atoms with Gasteiger partial charge in [-0.3, -0.25) is 19.5 Å². The number of likely N-dealkylation sites (N-methyl/N-ethyl adjacent to an activating group) is 2. The number of fused-ring (bicyclic) bond motifs is 1. The van der Waals surface area contributed by atoms with E-state index in [1.807, 2.05) is 31.3 Å². The minimum absolute atomic E-state index is 0.117. The number of anilines is 3. The summed E-state index contributed by atoms with van der Waals surface area (Å²) in [5.41, 5.74) is 9.20. The van der Waals surface area contributed by atoms with E-state index in [1.165, 1.54) is 37.8 Å². The molecule has 0 aliphatic heterocycles. The number of nitrogens with one attached hydrogen (secondary N) is 1. The molecule has 3 N–H and O–H groups in total. The third kappa shape index (κ3) is 5.68. The van der Waals surface area contributed by atoms with Crippen LogP contribution in [0.4, 0.5) is 16.6 Å². The molecule has 0 radical (unpaired) electrons. The second-order valence-electron chi connectivity index (χ2n) is 9.76. The summed E-state index contributed by atoms with van der Waals surface area (Å²) >= 11 is 1.34. The fourth-order valence-electron chi connectivity index (χ4n) is 4.31. The lowest BCUT2D eigenvalue weighted by molar-refractivity contribution is -0.113. The molecule has 0 saturated heterocycles. The standard InChI is InChI=1S/C29H29N9O3S/c1-18-16-42-28(33-18)34-27(40)19-10-12-20(13-11-19)37-24-25(30)31-17-32-26(24)38(29(37)41)22-8-5-7-21(15-22)36(4)23(39)9-6-14-35(2)3/h5-13,15-17H,14H2,1-4H3,(H2,30,31,32)(H,33,34,40). The van der Waals surface area contributed by atoms with Gasteiger partial charge in [-0.1, -0.05) is 12.1 Å². The molecule has 0 spiro atoms. The molecule has 12 nitrogen and oxygen atoms in total. The monoisotopic (exact) mass is 583 g/mol. The van der Waals surface area contributed by atoms with Crippen LogP contribution < -0.4 is 21.6 Å². The van der Waals surface area contributed by atoms with E-state index in [-0.39, 0.29) is 17.6 Å². The van der Waals surface area contributed by atoms with E-state index in [9.17, 15) is 14.4 Å². The van der Waals surface area contributed by atoms with Gasteiger partial charge in [0.05, 0.1) is 17.1 Å². The van der Waals surface area contributed by atoms with Crippen LogP contribution in [-0.4, -0.2) is 68.5 Å². The van der Waals surface area contributed by atoms with E-state index in [1.54, 1.807) is 61.7 Å². The molecule has 3 aromatic heterocycles. The number of nitrogens with zero attached hydrogens (tertiary/aromatic N) is 7. The second-order valence-corrected chi connectivity index (χ2v) is 10.6. The predicted octanol–water partition coefficient (Wildman–Crippen LogP) is 3.25. The highest BCUT2D eigenvalue weighted by Crippen LogP contribution is 2.25. The van der Waals surface area contributed by atoms with Crippen LogP contribution in [0.25, 0.3) is 22.5 Å². The summed E-state index contributed by atoms with van der Waals surface area (Å²) in [6.45, 7) is 2.48. The molecular formula is C29H29N9O3S. The number of aromatic nitrogens is 5. The fourth-order valence-corrected chi connectivity index (χ4v) is 4.99. The minimum atomic E-state index is -0.440. The summed E-state index contributed by atoms with van der Waals surface area (Å²) in [7, 11) is 5.51. The predicted molar refractivity (Wildman–Crippen MR) is 165 cm³/mol. The van der Waals surface area contributed by atoms with Crippen molar-refractivity contribution in [1.82, 2.24) is 29.0 Å². The Balaban J connectivity index is 1.52. The maximum Gasteiger partial charge on any atom is 0.339 e. The topological polar surface area (TPSA) is 144 Å². The summed E-state index contributed by atoms with van der Waals surface area (Å²) in [5.74, 6) is -0.406. The van der Waals surface area contributed by atoms with Crippen molar-refractivity contribution in [2.45, 2.75) is 6.92 Å². The van der Waals surface area contributed by atoms with Gasteiger partial charge in [-0.05, 0) is 63.5 Å². The summed E-state index contributed by atoms with van der Waals surface area (Å²) in [5, 5.41) is 5.13. The number of thiazole rings is 1. The molecule has 0 aliphatic carbocycles. The van der Waals surface area contributed by atoms with E-state index in [0.29, 0.717) is 45.5 Å². The Bertz CT molecular complexity index is 1870. The maximum absolute atomic E-state index is 13.9. The molecule has 0 saturated carbocycles. The summed E-state index contributed by atoms with van der Waals surface area (Å²) < 4.78 is 2.82. The van der Waals surface area contributed by atoms with Crippen molar-refractivity contribution in [2.24, 2.45) is 0 Å². The first-order valence-electron chi connectivity index (χ1n) is 12.9. The Morgan fingerprint density at radius 2 is 1.81 bits per heavy atom. The Labute approximate surface area is 245 Å². The zero-order valence-corrected chi connectivity index (χ0v) is 24.3. The highest BCUT2D eigenvalue weighted by molar-refractivity contribution is 7.13. The Kier molecular flexibility index (Phi) is 7.95. The van der Waals surface area contributed by atoms with E-state index in [2.05, 4.69) is 20.3 Å². The molecule has 13 heteroatoms. The smallest absolute Gasteiger partial charge is 0.339 e. The molecule has 0 unspecified atom stereocenters. The van der Waals surface area contributed by atoms with Gasteiger partial charge < -0.3 is 15.5 Å². The lowest BCUT2D eigenvalue weighted by Crippen LogP contribution is -2.25. The molecule has 0 atom stereocenters. The number of rotatable bonds is 8. The van der Waals surface area contributed by atoms with Crippen LogP contribution in [0.3, 0.4) is 0 Å². The molecule has 42 heavy (non-hydrogen) atoms. The molecule has 0 fully saturated rings. The van der Waals surface area contributed by atoms with Crippen LogP contribution in [0.15, 0.2) is 77.2 Å². The molecule has 214 valence electrons. The van der Waals surface area contributed by atoms with Crippen molar-refractivity contribution in [3.8, 4) is 11.4 Å². The molecule has 3 heterocycles. The number of nitrogens with two attached hydrogens (primary N) is 1. The Morgan fingerprint density at radius 1 is 1.05 bits per heavy atom. The van der Waals surface area contributed by atoms with Gasteiger partial charge >= 0.3 is 5.69 Å². The number of hydrogen-bond donors (Lipinski definition) is 2. The lowest BCUT2D eigenvalue weighted by Gasteiger charge is -2.16. The van der Waals surface area contributed by atoms with Gasteiger partial charge in [-0.2, -0.15) is 0 Å². The van der Waals surface area contributed by atoms with Crippen molar-refractivity contribution < 1.29 is 9.59 Å². The molecular weight excluding hydrogens is 554 g/mol. The molecule has 0 bridgehead atoms. The van der Waals surface area contributed by atoms with E-state index in [0.717, 1.165) is 5.69 Å². The summed E-state index contributed by atoms with van der Waals surface area (Å²) in [4.78, 5) is 55.6. The van der Waals surface area contributed by atoms with Crippen LogP contribution in [0.1, 0.15) is 16.1 Å². The van der Waals surface area contributed by atoms with E-state index >= 15 is 0 Å². The van der Waals surface area contributed by atoms with Gasteiger partial charge in [-0.15, -0.1) is 11.3 Å². The Morgan fingerprint density at radius 3 is 2.50 bits per heavy atom. The molecule has 2 amide bonds. The minimum Gasteiger partial charge on any atom is -0.382 e. The number of aryl methyl sites for hydroxylation is 1. The quantitative estimate of drug-likeness (QED) is 0.265. The number of nitrogen functional groups attached to an aromatic ring is 1. The molecule has 5 aromatic rings. The van der Waals surface area contributed by atoms with Gasteiger partial charge in [0.2, 0.25) is 5.91 Å². The first-order chi connectivity index (χ1) is 20.1. The van der Waals surface area contributed by atoms with Crippen LogP contribution in [-0.2, 0) is 4.79 Å². The average Bonchev–Trinajstić information content (AvgIpc) is 3.52. The van der Waals surface area contributed by atoms with E-state index < -0.39 is 5.69 Å². The van der Waals surface area contributed by atoms with Crippen LogP contribution >= 0.6 is 11.3 Å². The number of carbonyl (C=O) groups excluding carboxylic acids is 2. The second kappa shape index (κ2) is 11.8. The number of benzene rings is 2. The fraction of sp³-hybridized carbons (Fsp3) is 0.172. The normalized spacial score (nSPS) is 11.5. The van der Waals surface area contributed by atoms with Crippen molar-refractivity contribution in [1.29, 1.82) is 0 Å². The zero-order chi connectivity index (χ0) is 30.0. The number of imidazole rings is 1. The first kappa shape index (κ1) is 28.4. The SMILES string of the molecule is Cc1csc(NC(=O)c2ccc(-n3c(=O)n(-c4cccc(N(C)C(=O)C=CCN(C)C)c4)c4ncnc(N)c43)cc2)n1. The molecule has 5 rings (SSSR count). The van der Waals surface area contributed by atoms with Crippen molar-refractivity contribution >= 4 is 51.0 Å². The summed E-state index contributed by atoms with van der Waals surface area (Å²) in [6, 6.07) is 13.6. The number of hydrogen-bond acceptors (Lipinski definition) is 9. The number of amides is 2. The van der Waals surface area contributed by atoms with Crippen LogP contribution in [0, 0.1) is 6.92 Å². The summed E-state index contributed by atoms with van der Waals surface area (Å²) in [6.07, 6.45) is 4.59. The average molecular weight is 584 g/mol. The first-order valence-corrected chi connectivity index (χ1v) is 13.8. The van der Waals surface area contributed by atoms with E-state index in [4.69, 9.17) is 5.73 Å². The molecule has 0 aliphatic rings. The van der Waals surface area contributed by atoms with Crippen LogP contribution in [0.2, 0.25) is 0 Å². The van der Waals surface area contributed by atoms with Crippen molar-refractivity contribution in [2.75, 3.05) is 43.6 Å². The largest absolute Gasteiger partial charge is 0.382 e. The van der Waals surface area contributed by atoms with Gasteiger partial charge in [-0.25, -0.2) is 24.3 Å². The third-order valence-corrected chi connectivity index (χ3v) is 7.29. The lowest BCUT2D eigenvalue weighted by atomic mass is 10.2. The highest BCUT2D eigenvalue weighted by Gasteiger charge is 2.21.